The van der Waals surface area contributed by atoms with Crippen LogP contribution in [0.5, 0.6) is 5.75 Å². The van der Waals surface area contributed by atoms with E-state index >= 15 is 0 Å². The molecule has 0 atom stereocenters. The van der Waals surface area contributed by atoms with Gasteiger partial charge in [-0.15, -0.1) is 0 Å². The molecule has 1 rings (SSSR count). The molecule has 0 spiro atoms. The fourth-order valence-electron chi connectivity index (χ4n) is 0.821. The van der Waals surface area contributed by atoms with Gasteiger partial charge in [-0.3, -0.25) is 5.84 Å². The predicted octanol–water partition coefficient (Wildman–Crippen LogP) is 2.21. The van der Waals surface area contributed by atoms with Crippen LogP contribution in [0.1, 0.15) is 0 Å². The molecule has 84 valence electrons. The van der Waals surface area contributed by atoms with Crippen molar-refractivity contribution in [2.45, 2.75) is 12.5 Å². The van der Waals surface area contributed by atoms with Crippen molar-refractivity contribution in [1.82, 2.24) is 0 Å². The third-order valence-electron chi connectivity index (χ3n) is 1.53. The predicted molar refractivity (Wildman–Crippen MR) is 45.8 cm³/mol. The second kappa shape index (κ2) is 4.35. The highest BCUT2D eigenvalue weighted by Crippen LogP contribution is 2.27. The number of nitrogens with two attached hydrogens (primary N) is 1. The molecule has 0 unspecified atom stereocenters. The molecular weight excluding hydrogens is 216 g/mol. The highest BCUT2D eigenvalue weighted by atomic mass is 19.3. The molecule has 0 radical (unpaired) electrons. The van der Waals surface area contributed by atoms with Gasteiger partial charge in [0.05, 0.1) is 0 Å². The number of nitrogens with one attached hydrogen (secondary N) is 1. The number of anilines is 1. The van der Waals surface area contributed by atoms with Gasteiger partial charge in [-0.05, 0) is 24.3 Å². The lowest BCUT2D eigenvalue weighted by molar-refractivity contribution is -0.253. The Labute approximate surface area is 82.8 Å². The summed E-state index contributed by atoms with van der Waals surface area (Å²) in [6.45, 7) is 0. The lowest BCUT2D eigenvalue weighted by Gasteiger charge is -2.16. The fourth-order valence-corrected chi connectivity index (χ4v) is 0.821. The van der Waals surface area contributed by atoms with Gasteiger partial charge in [0.15, 0.2) is 0 Å². The number of rotatable bonds is 4. The number of ether oxygens (including phenoxy) is 1. The molecule has 3 N–H and O–H groups in total. The number of halogens is 4. The van der Waals surface area contributed by atoms with Gasteiger partial charge < -0.3 is 10.2 Å². The first-order valence-corrected chi connectivity index (χ1v) is 3.87. The van der Waals surface area contributed by atoms with Gasteiger partial charge in [0, 0.05) is 5.69 Å². The minimum atomic E-state index is -4.49. The molecule has 0 amide bonds. The first-order valence-electron chi connectivity index (χ1n) is 3.87. The molecule has 1 aromatic carbocycles. The molecule has 0 saturated heterocycles. The van der Waals surface area contributed by atoms with E-state index in [4.69, 9.17) is 5.84 Å². The third kappa shape index (κ3) is 2.98. The van der Waals surface area contributed by atoms with Crippen LogP contribution < -0.4 is 16.0 Å². The number of nitrogen functional groups attached to an aromatic ring is 1. The van der Waals surface area contributed by atoms with E-state index in [0.29, 0.717) is 5.69 Å². The number of hydrazine groups is 1. The highest BCUT2D eigenvalue weighted by molar-refractivity contribution is 5.45. The topological polar surface area (TPSA) is 47.3 Å². The normalized spacial score (nSPS) is 11.6. The fraction of sp³-hybridized carbons (Fsp3) is 0.250. The van der Waals surface area contributed by atoms with E-state index in [2.05, 4.69) is 10.2 Å². The van der Waals surface area contributed by atoms with Crippen LogP contribution in [0.3, 0.4) is 0 Å². The number of hydrogen-bond acceptors (Lipinski definition) is 3. The molecule has 0 aliphatic heterocycles. The smallest absolute Gasteiger partial charge is 0.428 e. The molecule has 0 fully saturated rings. The molecule has 0 saturated carbocycles. The van der Waals surface area contributed by atoms with Crippen LogP contribution in [0.4, 0.5) is 23.2 Å². The SMILES string of the molecule is NNc1ccc(OC(F)(F)C(F)F)cc1. The van der Waals surface area contributed by atoms with E-state index in [-0.39, 0.29) is 5.75 Å². The van der Waals surface area contributed by atoms with Gasteiger partial charge in [-0.25, -0.2) is 0 Å². The summed E-state index contributed by atoms with van der Waals surface area (Å²) in [6.07, 6.45) is -8.36. The summed E-state index contributed by atoms with van der Waals surface area (Å²) >= 11 is 0. The van der Waals surface area contributed by atoms with E-state index in [9.17, 15) is 17.6 Å². The van der Waals surface area contributed by atoms with Gasteiger partial charge >= 0.3 is 12.5 Å². The van der Waals surface area contributed by atoms with Gasteiger partial charge in [0.2, 0.25) is 0 Å². The summed E-state index contributed by atoms with van der Waals surface area (Å²) in [6, 6.07) is 4.84. The van der Waals surface area contributed by atoms with E-state index in [0.717, 1.165) is 12.1 Å². The summed E-state index contributed by atoms with van der Waals surface area (Å²) in [7, 11) is 0. The summed E-state index contributed by atoms with van der Waals surface area (Å²) in [5.41, 5.74) is 2.70. The second-order valence-electron chi connectivity index (χ2n) is 2.63. The number of alkyl halides is 4. The molecule has 0 bridgehead atoms. The summed E-state index contributed by atoms with van der Waals surface area (Å²) in [4.78, 5) is 0. The van der Waals surface area contributed by atoms with Crippen molar-refractivity contribution < 1.29 is 22.3 Å². The second-order valence-corrected chi connectivity index (χ2v) is 2.63. The minimum absolute atomic E-state index is 0.362. The first kappa shape index (κ1) is 11.6. The summed E-state index contributed by atoms with van der Waals surface area (Å²) < 4.78 is 52.1. The third-order valence-corrected chi connectivity index (χ3v) is 1.53. The van der Waals surface area contributed by atoms with Crippen molar-refractivity contribution in [1.29, 1.82) is 0 Å². The number of benzene rings is 1. The van der Waals surface area contributed by atoms with E-state index in [1.807, 2.05) is 0 Å². The van der Waals surface area contributed by atoms with Crippen LogP contribution in [-0.4, -0.2) is 12.5 Å². The van der Waals surface area contributed by atoms with E-state index in [1.54, 1.807) is 0 Å². The summed E-state index contributed by atoms with van der Waals surface area (Å²) in [5.74, 6) is 4.65. The van der Waals surface area contributed by atoms with Crippen molar-refractivity contribution in [2.24, 2.45) is 5.84 Å². The zero-order valence-corrected chi connectivity index (χ0v) is 7.38. The molecule has 15 heavy (non-hydrogen) atoms. The molecule has 0 aliphatic carbocycles. The number of hydrogen-bond donors (Lipinski definition) is 2. The van der Waals surface area contributed by atoms with Crippen molar-refractivity contribution in [3.63, 3.8) is 0 Å². The maximum absolute atomic E-state index is 12.4. The Hall–Kier alpha value is -1.50. The zero-order chi connectivity index (χ0) is 11.5. The largest absolute Gasteiger partial charge is 0.461 e. The van der Waals surface area contributed by atoms with Crippen LogP contribution in [0.2, 0.25) is 0 Å². The van der Waals surface area contributed by atoms with Crippen molar-refractivity contribution in [3.8, 4) is 5.75 Å². The molecular formula is C8H8F4N2O. The van der Waals surface area contributed by atoms with Gasteiger partial charge in [0.1, 0.15) is 5.75 Å². The Morgan fingerprint density at radius 3 is 2.13 bits per heavy atom. The van der Waals surface area contributed by atoms with Crippen LogP contribution >= 0.6 is 0 Å². The van der Waals surface area contributed by atoms with E-state index in [1.165, 1.54) is 12.1 Å². The molecule has 3 nitrogen and oxygen atoms in total. The molecule has 0 heterocycles. The Morgan fingerprint density at radius 1 is 1.20 bits per heavy atom. The molecule has 7 heteroatoms. The van der Waals surface area contributed by atoms with Gasteiger partial charge in [-0.2, -0.15) is 17.6 Å². The minimum Gasteiger partial charge on any atom is -0.428 e. The Balaban J connectivity index is 2.73. The van der Waals surface area contributed by atoms with Crippen molar-refractivity contribution in [2.75, 3.05) is 5.43 Å². The van der Waals surface area contributed by atoms with Crippen molar-refractivity contribution >= 4 is 5.69 Å². The molecule has 0 aromatic heterocycles. The standard InChI is InChI=1S/C8H8F4N2O/c9-7(10)8(11,12)15-6-3-1-5(14-13)2-4-6/h1-4,7,14H,13H2. The zero-order valence-electron chi connectivity index (χ0n) is 7.38. The quantitative estimate of drug-likeness (QED) is 0.468. The first-order chi connectivity index (χ1) is 6.95. The monoisotopic (exact) mass is 224 g/mol. The average molecular weight is 224 g/mol. The van der Waals surface area contributed by atoms with Crippen LogP contribution in [0, 0.1) is 0 Å². The van der Waals surface area contributed by atoms with Crippen LogP contribution in [0.15, 0.2) is 24.3 Å². The maximum Gasteiger partial charge on any atom is 0.461 e. The Bertz CT molecular complexity index is 315. The average Bonchev–Trinajstić information content (AvgIpc) is 2.18. The van der Waals surface area contributed by atoms with E-state index < -0.39 is 12.5 Å². The Kier molecular flexibility index (Phi) is 3.35. The molecule has 0 aliphatic rings. The summed E-state index contributed by atoms with van der Waals surface area (Å²) in [5, 5.41) is 0. The molecule has 1 aromatic rings. The van der Waals surface area contributed by atoms with Gasteiger partial charge in [0.25, 0.3) is 0 Å². The van der Waals surface area contributed by atoms with Gasteiger partial charge in [-0.1, -0.05) is 0 Å². The van der Waals surface area contributed by atoms with Crippen LogP contribution in [-0.2, 0) is 0 Å². The highest BCUT2D eigenvalue weighted by Gasteiger charge is 2.43. The maximum atomic E-state index is 12.4. The lowest BCUT2D eigenvalue weighted by Crippen LogP contribution is -2.33. The van der Waals surface area contributed by atoms with Crippen molar-refractivity contribution in [3.05, 3.63) is 24.3 Å². The Morgan fingerprint density at radius 2 is 1.73 bits per heavy atom. The lowest BCUT2D eigenvalue weighted by atomic mass is 10.3. The van der Waals surface area contributed by atoms with Crippen LogP contribution in [0.25, 0.3) is 0 Å².